The standard InChI is InChI=1S/C9H8ClO5S/c1-16(14,15)8-3-5(9(12)13)2-7(10)6(8)4-11/h2-3H,4H2,1H3,(H,12,13)/q-1. The first-order chi connectivity index (χ1) is 7.27. The van der Waals surface area contributed by atoms with Gasteiger partial charge in [-0.3, -0.25) is 0 Å². The fraction of sp³-hybridized carbons (Fsp3) is 0.222. The van der Waals surface area contributed by atoms with Crippen molar-refractivity contribution in [1.82, 2.24) is 0 Å². The topological polar surface area (TPSA) is 94.5 Å². The highest BCUT2D eigenvalue weighted by molar-refractivity contribution is 7.90. The molecule has 0 heterocycles. The molecule has 88 valence electrons. The lowest BCUT2D eigenvalue weighted by Crippen LogP contribution is -2.12. The Bertz CT molecular complexity index is 535. The van der Waals surface area contributed by atoms with Gasteiger partial charge in [-0.2, -0.15) is 0 Å². The van der Waals surface area contributed by atoms with Gasteiger partial charge in [-0.25, -0.2) is 13.2 Å². The van der Waals surface area contributed by atoms with E-state index in [-0.39, 0.29) is 21.0 Å². The Morgan fingerprint density at radius 3 is 2.44 bits per heavy atom. The van der Waals surface area contributed by atoms with Crippen LogP contribution in [0.1, 0.15) is 15.9 Å². The molecule has 0 aliphatic carbocycles. The van der Waals surface area contributed by atoms with E-state index in [0.29, 0.717) is 0 Å². The van der Waals surface area contributed by atoms with Crippen LogP contribution < -0.4 is 5.11 Å². The zero-order chi connectivity index (χ0) is 12.5. The van der Waals surface area contributed by atoms with E-state index >= 15 is 0 Å². The fourth-order valence-corrected chi connectivity index (χ4v) is 2.49. The molecular formula is C9H8ClO5S-. The van der Waals surface area contributed by atoms with Crippen LogP contribution in [0.5, 0.6) is 0 Å². The molecule has 0 saturated carbocycles. The van der Waals surface area contributed by atoms with E-state index in [0.717, 1.165) is 18.4 Å². The van der Waals surface area contributed by atoms with Crippen molar-refractivity contribution in [1.29, 1.82) is 0 Å². The van der Waals surface area contributed by atoms with Gasteiger partial charge in [0.1, 0.15) is 0 Å². The minimum atomic E-state index is -3.67. The maximum absolute atomic E-state index is 11.3. The van der Waals surface area contributed by atoms with Gasteiger partial charge in [0, 0.05) is 11.3 Å². The SMILES string of the molecule is CS(=O)(=O)c1cc(C(=O)O)cc(Cl)c1C[O-]. The predicted octanol–water partition coefficient (Wildman–Crippen LogP) is 0.302. The Morgan fingerprint density at radius 2 is 2.06 bits per heavy atom. The number of carbonyl (C=O) groups is 1. The average molecular weight is 264 g/mol. The molecule has 0 saturated heterocycles. The first kappa shape index (κ1) is 13.0. The zero-order valence-corrected chi connectivity index (χ0v) is 9.80. The number of carboxylic acid groups (broad SMARTS) is 1. The summed E-state index contributed by atoms with van der Waals surface area (Å²) < 4.78 is 22.7. The van der Waals surface area contributed by atoms with E-state index in [1.54, 1.807) is 0 Å². The van der Waals surface area contributed by atoms with Gasteiger partial charge < -0.3 is 10.2 Å². The molecule has 1 aromatic carbocycles. The monoisotopic (exact) mass is 263 g/mol. The summed E-state index contributed by atoms with van der Waals surface area (Å²) in [6, 6.07) is 2.00. The molecule has 0 aliphatic heterocycles. The van der Waals surface area contributed by atoms with Gasteiger partial charge in [0.25, 0.3) is 0 Å². The van der Waals surface area contributed by atoms with E-state index in [2.05, 4.69) is 0 Å². The van der Waals surface area contributed by atoms with Gasteiger partial charge in [0.05, 0.1) is 10.5 Å². The molecule has 1 aromatic rings. The summed E-state index contributed by atoms with van der Waals surface area (Å²) in [4.78, 5) is 10.4. The lowest BCUT2D eigenvalue weighted by atomic mass is 10.1. The Kier molecular flexibility index (Phi) is 3.57. The summed E-state index contributed by atoms with van der Waals surface area (Å²) in [5.41, 5.74) is -0.364. The fourth-order valence-electron chi connectivity index (χ4n) is 1.21. The highest BCUT2D eigenvalue weighted by Gasteiger charge is 2.17. The molecule has 0 aliphatic rings. The van der Waals surface area contributed by atoms with Gasteiger partial charge >= 0.3 is 5.97 Å². The minimum absolute atomic E-state index is 0.103. The van der Waals surface area contributed by atoms with E-state index < -0.39 is 22.4 Å². The Morgan fingerprint density at radius 1 is 1.50 bits per heavy atom. The molecule has 0 fully saturated rings. The Labute approximate surface area is 97.2 Å². The maximum Gasteiger partial charge on any atom is 0.335 e. The minimum Gasteiger partial charge on any atom is -0.851 e. The van der Waals surface area contributed by atoms with E-state index in [4.69, 9.17) is 16.7 Å². The number of sulfone groups is 1. The van der Waals surface area contributed by atoms with Crippen LogP contribution in [0.3, 0.4) is 0 Å². The van der Waals surface area contributed by atoms with Crippen LogP contribution in [0.25, 0.3) is 0 Å². The van der Waals surface area contributed by atoms with Crippen molar-refractivity contribution in [2.75, 3.05) is 6.26 Å². The van der Waals surface area contributed by atoms with Crippen LogP contribution in [0.15, 0.2) is 17.0 Å². The number of hydrogen-bond acceptors (Lipinski definition) is 4. The van der Waals surface area contributed by atoms with Crippen LogP contribution in [-0.4, -0.2) is 25.7 Å². The Balaban J connectivity index is 3.62. The molecular weight excluding hydrogens is 256 g/mol. The third-order valence-electron chi connectivity index (χ3n) is 1.95. The molecule has 16 heavy (non-hydrogen) atoms. The highest BCUT2D eigenvalue weighted by Crippen LogP contribution is 2.25. The molecule has 7 heteroatoms. The molecule has 0 radical (unpaired) electrons. The molecule has 0 atom stereocenters. The van der Waals surface area contributed by atoms with Gasteiger partial charge in [0.15, 0.2) is 9.84 Å². The summed E-state index contributed by atoms with van der Waals surface area (Å²) in [5.74, 6) is -1.30. The normalized spacial score (nSPS) is 11.4. The van der Waals surface area contributed by atoms with E-state index in [1.165, 1.54) is 0 Å². The predicted molar refractivity (Wildman–Crippen MR) is 55.2 cm³/mol. The smallest absolute Gasteiger partial charge is 0.335 e. The largest absolute Gasteiger partial charge is 0.851 e. The van der Waals surface area contributed by atoms with Crippen molar-refractivity contribution >= 4 is 27.4 Å². The summed E-state index contributed by atoms with van der Waals surface area (Å²) in [7, 11) is -3.67. The van der Waals surface area contributed by atoms with Gasteiger partial charge in [-0.1, -0.05) is 11.6 Å². The second kappa shape index (κ2) is 4.40. The van der Waals surface area contributed by atoms with Crippen LogP contribution in [0.4, 0.5) is 0 Å². The second-order valence-corrected chi connectivity index (χ2v) is 5.55. The van der Waals surface area contributed by atoms with Crippen LogP contribution in [0.2, 0.25) is 5.02 Å². The third-order valence-corrected chi connectivity index (χ3v) is 3.45. The van der Waals surface area contributed by atoms with Gasteiger partial charge in [-0.05, 0) is 17.7 Å². The maximum atomic E-state index is 11.3. The lowest BCUT2D eigenvalue weighted by molar-refractivity contribution is -0.387. The summed E-state index contributed by atoms with van der Waals surface area (Å²) in [6.45, 7) is -0.818. The molecule has 1 rings (SSSR count). The number of carboxylic acids is 1. The first-order valence-electron chi connectivity index (χ1n) is 4.11. The number of hydrogen-bond donors (Lipinski definition) is 1. The Hall–Kier alpha value is -1.11. The van der Waals surface area contributed by atoms with E-state index in [9.17, 15) is 18.3 Å². The number of halogens is 1. The quantitative estimate of drug-likeness (QED) is 0.846. The lowest BCUT2D eigenvalue weighted by Gasteiger charge is -2.13. The molecule has 0 aromatic heterocycles. The number of rotatable bonds is 3. The highest BCUT2D eigenvalue weighted by atomic mass is 35.5. The van der Waals surface area contributed by atoms with E-state index in [1.807, 2.05) is 0 Å². The van der Waals surface area contributed by atoms with Crippen molar-refractivity contribution in [2.24, 2.45) is 0 Å². The molecule has 0 bridgehead atoms. The zero-order valence-electron chi connectivity index (χ0n) is 8.23. The van der Waals surface area contributed by atoms with Gasteiger partial charge in [0.2, 0.25) is 0 Å². The van der Waals surface area contributed by atoms with Crippen molar-refractivity contribution in [2.45, 2.75) is 11.5 Å². The van der Waals surface area contributed by atoms with Crippen molar-refractivity contribution in [3.05, 3.63) is 28.3 Å². The summed E-state index contributed by atoms with van der Waals surface area (Å²) in [6.07, 6.45) is 0.892. The molecule has 0 spiro atoms. The van der Waals surface area contributed by atoms with Gasteiger partial charge in [-0.15, -0.1) is 6.61 Å². The molecule has 0 amide bonds. The number of aromatic carboxylic acids is 1. The average Bonchev–Trinajstić information content (AvgIpc) is 2.14. The number of benzene rings is 1. The first-order valence-corrected chi connectivity index (χ1v) is 6.38. The molecule has 0 unspecified atom stereocenters. The van der Waals surface area contributed by atoms with Crippen molar-refractivity contribution in [3.8, 4) is 0 Å². The van der Waals surface area contributed by atoms with Crippen LogP contribution in [-0.2, 0) is 16.4 Å². The summed E-state index contributed by atoms with van der Waals surface area (Å²) >= 11 is 5.66. The second-order valence-electron chi connectivity index (χ2n) is 3.16. The van der Waals surface area contributed by atoms with Crippen molar-refractivity contribution in [3.63, 3.8) is 0 Å². The van der Waals surface area contributed by atoms with Crippen molar-refractivity contribution < 1.29 is 23.4 Å². The third kappa shape index (κ3) is 2.52. The van der Waals surface area contributed by atoms with Crippen LogP contribution >= 0.6 is 11.6 Å². The molecule has 1 N–H and O–H groups in total. The molecule has 5 nitrogen and oxygen atoms in total. The summed E-state index contributed by atoms with van der Waals surface area (Å²) in [5, 5.41) is 19.4. The van der Waals surface area contributed by atoms with Crippen LogP contribution in [0, 0.1) is 0 Å².